The average molecular weight is 369 g/mol. The van der Waals surface area contributed by atoms with Crippen molar-refractivity contribution < 1.29 is 9.67 Å². The summed E-state index contributed by atoms with van der Waals surface area (Å²) in [7, 11) is -2.46. The van der Waals surface area contributed by atoms with Crippen LogP contribution >= 0.6 is 7.14 Å². The first-order chi connectivity index (χ1) is 12.3. The van der Waals surface area contributed by atoms with Crippen molar-refractivity contribution in [3.8, 4) is 17.3 Å². The van der Waals surface area contributed by atoms with Gasteiger partial charge in [-0.15, -0.1) is 0 Å². The Hall–Kier alpha value is -2.68. The molecule has 0 aliphatic carbocycles. The van der Waals surface area contributed by atoms with Crippen LogP contribution in [0.15, 0.2) is 30.6 Å². The molecule has 3 aromatic rings. The average Bonchev–Trinajstić information content (AvgIpc) is 3.04. The largest absolute Gasteiger partial charge is 0.394 e. The fraction of sp³-hybridized carbons (Fsp3) is 0.278. The number of benzene rings is 1. The van der Waals surface area contributed by atoms with Crippen LogP contribution in [0.2, 0.25) is 0 Å². The zero-order valence-electron chi connectivity index (χ0n) is 14.8. The zero-order chi connectivity index (χ0) is 18.9. The number of aromatic amines is 1. The number of aromatic nitrogens is 3. The van der Waals surface area contributed by atoms with Crippen LogP contribution in [-0.4, -0.2) is 46.0 Å². The number of nitriles is 1. The molecule has 0 amide bonds. The van der Waals surface area contributed by atoms with Crippen molar-refractivity contribution >= 4 is 29.3 Å². The number of H-pyrrole nitrogens is 1. The highest BCUT2D eigenvalue weighted by molar-refractivity contribution is 7.70. The van der Waals surface area contributed by atoms with Gasteiger partial charge in [-0.2, -0.15) is 5.26 Å². The highest BCUT2D eigenvalue weighted by Gasteiger charge is 2.20. The van der Waals surface area contributed by atoms with Gasteiger partial charge in [-0.1, -0.05) is 12.1 Å². The minimum absolute atomic E-state index is 0.0581. The summed E-state index contributed by atoms with van der Waals surface area (Å²) in [5.74, 6) is 0.336. The van der Waals surface area contributed by atoms with E-state index >= 15 is 0 Å². The van der Waals surface area contributed by atoms with Crippen LogP contribution in [0.1, 0.15) is 12.5 Å². The number of para-hydroxylation sites is 1. The van der Waals surface area contributed by atoms with Gasteiger partial charge in [-0.3, -0.25) is 0 Å². The molecule has 7 nitrogen and oxygen atoms in total. The second-order valence-corrected chi connectivity index (χ2v) is 9.73. The predicted octanol–water partition coefficient (Wildman–Crippen LogP) is 2.54. The molecule has 0 saturated heterocycles. The quantitative estimate of drug-likeness (QED) is 0.596. The highest BCUT2D eigenvalue weighted by Crippen LogP contribution is 2.39. The number of fused-ring (bicyclic) bond motifs is 1. The number of aliphatic hydroxyl groups excluding tert-OH is 1. The van der Waals surface area contributed by atoms with Gasteiger partial charge < -0.3 is 20.0 Å². The summed E-state index contributed by atoms with van der Waals surface area (Å²) < 4.78 is 12.6. The molecule has 0 radical (unpaired) electrons. The first-order valence-corrected chi connectivity index (χ1v) is 10.8. The third-order valence-electron chi connectivity index (χ3n) is 4.09. The lowest BCUT2D eigenvalue weighted by molar-refractivity contribution is 0.281. The van der Waals surface area contributed by atoms with Crippen molar-refractivity contribution in [3.63, 3.8) is 0 Å². The number of hydrogen-bond donors (Lipinski definition) is 3. The van der Waals surface area contributed by atoms with Gasteiger partial charge in [0.25, 0.3) is 0 Å². The lowest BCUT2D eigenvalue weighted by atomic mass is 10.1. The molecule has 134 valence electrons. The molecule has 0 saturated carbocycles. The van der Waals surface area contributed by atoms with Crippen molar-refractivity contribution in [1.29, 1.82) is 5.26 Å². The number of nitrogens with one attached hydrogen (secondary N) is 2. The Morgan fingerprint density at radius 2 is 2.19 bits per heavy atom. The van der Waals surface area contributed by atoms with Gasteiger partial charge in [0, 0.05) is 28.5 Å². The summed E-state index contributed by atoms with van der Waals surface area (Å²) in [6.07, 6.45) is 3.23. The SMILES string of the molecule is C[C@@H](CO)Nc1ncc(C#N)c(-c2c[nH]c3c(P(C)(C)=O)cccc23)n1. The third-order valence-corrected chi connectivity index (χ3v) is 5.62. The van der Waals surface area contributed by atoms with E-state index in [4.69, 9.17) is 0 Å². The molecule has 0 bridgehead atoms. The Labute approximate surface area is 151 Å². The lowest BCUT2D eigenvalue weighted by Gasteiger charge is -2.12. The first-order valence-electron chi connectivity index (χ1n) is 8.15. The Morgan fingerprint density at radius 3 is 2.85 bits per heavy atom. The van der Waals surface area contributed by atoms with Crippen LogP contribution in [0.5, 0.6) is 0 Å². The summed E-state index contributed by atoms with van der Waals surface area (Å²) in [6, 6.07) is 7.52. The van der Waals surface area contributed by atoms with E-state index in [1.165, 1.54) is 6.20 Å². The second-order valence-electron chi connectivity index (χ2n) is 6.55. The fourth-order valence-electron chi connectivity index (χ4n) is 2.79. The number of aliphatic hydroxyl groups is 1. The summed E-state index contributed by atoms with van der Waals surface area (Å²) in [4.78, 5) is 11.8. The normalized spacial score (nSPS) is 12.7. The third kappa shape index (κ3) is 3.34. The van der Waals surface area contributed by atoms with Gasteiger partial charge in [-0.05, 0) is 26.3 Å². The maximum atomic E-state index is 12.6. The molecule has 2 aromatic heterocycles. The Balaban J connectivity index is 2.19. The first kappa shape index (κ1) is 18.1. The smallest absolute Gasteiger partial charge is 0.223 e. The molecule has 3 rings (SSSR count). The topological polar surface area (TPSA) is 115 Å². The van der Waals surface area contributed by atoms with E-state index in [9.17, 15) is 14.9 Å². The van der Waals surface area contributed by atoms with Gasteiger partial charge in [0.05, 0.1) is 29.6 Å². The van der Waals surface area contributed by atoms with Crippen LogP contribution in [0.25, 0.3) is 22.2 Å². The lowest BCUT2D eigenvalue weighted by Crippen LogP contribution is -2.21. The Bertz CT molecular complexity index is 1050. The standard InChI is InChI=1S/C18H20N5O2P/c1-11(10-24)22-18-21-8-12(7-19)16(23-18)14-9-20-17-13(14)5-4-6-15(17)26(2,3)25/h4-6,8-9,11,20,24H,10H2,1-3H3,(H,21,22,23)/t11-/m0/s1. The van der Waals surface area contributed by atoms with Crippen LogP contribution in [-0.2, 0) is 4.57 Å². The molecular weight excluding hydrogens is 349 g/mol. The van der Waals surface area contributed by atoms with E-state index in [0.717, 1.165) is 21.8 Å². The molecule has 26 heavy (non-hydrogen) atoms. The van der Waals surface area contributed by atoms with Crippen LogP contribution in [0.3, 0.4) is 0 Å². The molecule has 2 heterocycles. The zero-order valence-corrected chi connectivity index (χ0v) is 15.7. The van der Waals surface area contributed by atoms with Gasteiger partial charge in [0.1, 0.15) is 13.2 Å². The highest BCUT2D eigenvalue weighted by atomic mass is 31.2. The van der Waals surface area contributed by atoms with Gasteiger partial charge >= 0.3 is 0 Å². The van der Waals surface area contributed by atoms with E-state index in [2.05, 4.69) is 26.3 Å². The minimum atomic E-state index is -2.46. The summed E-state index contributed by atoms with van der Waals surface area (Å²) >= 11 is 0. The number of hydrogen-bond acceptors (Lipinski definition) is 6. The maximum absolute atomic E-state index is 12.6. The van der Waals surface area contributed by atoms with E-state index in [1.54, 1.807) is 26.5 Å². The fourth-order valence-corrected chi connectivity index (χ4v) is 3.96. The number of rotatable bonds is 5. The molecule has 0 unspecified atom stereocenters. The molecule has 8 heteroatoms. The molecule has 1 aromatic carbocycles. The van der Waals surface area contributed by atoms with Gasteiger partial charge in [-0.25, -0.2) is 9.97 Å². The van der Waals surface area contributed by atoms with Crippen molar-refractivity contribution in [3.05, 3.63) is 36.2 Å². The van der Waals surface area contributed by atoms with Crippen molar-refractivity contribution in [2.45, 2.75) is 13.0 Å². The molecule has 0 spiro atoms. The molecule has 3 N–H and O–H groups in total. The number of anilines is 1. The molecular formula is C18H20N5O2P. The van der Waals surface area contributed by atoms with Crippen LogP contribution < -0.4 is 10.6 Å². The van der Waals surface area contributed by atoms with Crippen LogP contribution in [0.4, 0.5) is 5.95 Å². The second kappa shape index (κ2) is 6.91. The Morgan fingerprint density at radius 1 is 1.42 bits per heavy atom. The summed E-state index contributed by atoms with van der Waals surface area (Å²) in [6.45, 7) is 5.20. The summed E-state index contributed by atoms with van der Waals surface area (Å²) in [5.41, 5.74) is 2.36. The van der Waals surface area contributed by atoms with Gasteiger partial charge in [0.15, 0.2) is 0 Å². The molecule has 0 aliphatic rings. The van der Waals surface area contributed by atoms with E-state index in [1.807, 2.05) is 18.2 Å². The molecule has 0 aliphatic heterocycles. The predicted molar refractivity (Wildman–Crippen MR) is 103 cm³/mol. The van der Waals surface area contributed by atoms with E-state index in [0.29, 0.717) is 17.2 Å². The Kier molecular flexibility index (Phi) is 4.82. The number of nitrogens with zero attached hydrogens (tertiary/aromatic N) is 3. The van der Waals surface area contributed by atoms with E-state index in [-0.39, 0.29) is 12.6 Å². The van der Waals surface area contributed by atoms with Gasteiger partial charge in [0.2, 0.25) is 5.95 Å². The van der Waals surface area contributed by atoms with Crippen molar-refractivity contribution in [2.75, 3.05) is 25.3 Å². The summed E-state index contributed by atoms with van der Waals surface area (Å²) in [5, 5.41) is 23.3. The van der Waals surface area contributed by atoms with Crippen LogP contribution in [0, 0.1) is 11.3 Å². The van der Waals surface area contributed by atoms with Crippen molar-refractivity contribution in [1.82, 2.24) is 15.0 Å². The van der Waals surface area contributed by atoms with Crippen molar-refractivity contribution in [2.24, 2.45) is 0 Å². The maximum Gasteiger partial charge on any atom is 0.223 e. The monoisotopic (exact) mass is 369 g/mol. The molecule has 1 atom stereocenters. The van der Waals surface area contributed by atoms with E-state index < -0.39 is 7.14 Å². The molecule has 0 fully saturated rings. The minimum Gasteiger partial charge on any atom is -0.394 e.